The molecule has 0 spiro atoms. The van der Waals surface area contributed by atoms with Crippen molar-refractivity contribution in [3.63, 3.8) is 0 Å². The smallest absolute Gasteiger partial charge is 0.0575 e. The minimum Gasteiger partial charge on any atom is -0.378 e. The summed E-state index contributed by atoms with van der Waals surface area (Å²) in [6.45, 7) is 3.20. The van der Waals surface area contributed by atoms with Crippen LogP contribution >= 0.6 is 11.3 Å². The molecule has 3 heteroatoms. The maximum atomic E-state index is 5.82. The molecule has 19 heavy (non-hydrogen) atoms. The first-order valence-corrected chi connectivity index (χ1v) is 8.50. The van der Waals surface area contributed by atoms with Crippen LogP contribution in [0.4, 0.5) is 0 Å². The molecule has 0 amide bonds. The molecule has 2 rings (SSSR count). The van der Waals surface area contributed by atoms with Gasteiger partial charge in [0.05, 0.1) is 6.10 Å². The highest BCUT2D eigenvalue weighted by Crippen LogP contribution is 2.22. The molecule has 2 unspecified atom stereocenters. The monoisotopic (exact) mass is 281 g/mol. The van der Waals surface area contributed by atoms with Crippen LogP contribution in [0.15, 0.2) is 12.1 Å². The normalized spacial score (nSPS) is 21.5. The predicted molar refractivity (Wildman–Crippen MR) is 83.1 cm³/mol. The van der Waals surface area contributed by atoms with Crippen molar-refractivity contribution in [3.8, 4) is 0 Å². The highest BCUT2D eigenvalue weighted by Gasteiger charge is 2.16. The van der Waals surface area contributed by atoms with Crippen LogP contribution in [0.5, 0.6) is 0 Å². The molecular formula is C16H27NOS. The van der Waals surface area contributed by atoms with Gasteiger partial charge in [-0.3, -0.25) is 0 Å². The van der Waals surface area contributed by atoms with Crippen LogP contribution in [0.3, 0.4) is 0 Å². The lowest BCUT2D eigenvalue weighted by molar-refractivity contribution is 0.00871. The lowest BCUT2D eigenvalue weighted by Gasteiger charge is -2.24. The minimum atomic E-state index is 0.513. The molecule has 0 bridgehead atoms. The van der Waals surface area contributed by atoms with Gasteiger partial charge in [0.2, 0.25) is 0 Å². The van der Waals surface area contributed by atoms with Gasteiger partial charge in [0, 0.05) is 22.4 Å². The lowest BCUT2D eigenvalue weighted by Crippen LogP contribution is -2.29. The molecule has 2 heterocycles. The van der Waals surface area contributed by atoms with Crippen molar-refractivity contribution in [2.75, 3.05) is 13.7 Å². The number of ether oxygens (including phenoxy) is 1. The highest BCUT2D eigenvalue weighted by atomic mass is 32.1. The number of rotatable bonds is 7. The standard InChI is InChI=1S/C16H27NOS/c1-3-15-9-10-16(19-15)12-13(17-2)7-8-14-6-4-5-11-18-14/h9-10,13-14,17H,3-8,11-12H2,1-2H3. The Kier molecular flexibility index (Phi) is 6.35. The number of thiophene rings is 1. The fourth-order valence-corrected chi connectivity index (χ4v) is 3.77. The fraction of sp³-hybridized carbons (Fsp3) is 0.750. The second-order valence-electron chi connectivity index (χ2n) is 5.48. The van der Waals surface area contributed by atoms with Gasteiger partial charge in [0.15, 0.2) is 0 Å². The zero-order chi connectivity index (χ0) is 13.5. The van der Waals surface area contributed by atoms with Crippen molar-refractivity contribution < 1.29 is 4.74 Å². The number of nitrogens with one attached hydrogen (secondary N) is 1. The van der Waals surface area contributed by atoms with Gasteiger partial charge in [-0.1, -0.05) is 6.92 Å². The van der Waals surface area contributed by atoms with Crippen LogP contribution in [0, 0.1) is 0 Å². The van der Waals surface area contributed by atoms with Gasteiger partial charge in [-0.25, -0.2) is 0 Å². The first-order chi connectivity index (χ1) is 9.31. The van der Waals surface area contributed by atoms with E-state index in [9.17, 15) is 0 Å². The Balaban J connectivity index is 1.75. The fourth-order valence-electron chi connectivity index (χ4n) is 2.74. The van der Waals surface area contributed by atoms with E-state index in [0.29, 0.717) is 12.1 Å². The van der Waals surface area contributed by atoms with Crippen LogP contribution in [-0.4, -0.2) is 25.8 Å². The van der Waals surface area contributed by atoms with E-state index < -0.39 is 0 Å². The van der Waals surface area contributed by atoms with Crippen LogP contribution in [0.25, 0.3) is 0 Å². The summed E-state index contributed by atoms with van der Waals surface area (Å²) in [5.41, 5.74) is 0. The van der Waals surface area contributed by atoms with Crippen molar-refractivity contribution >= 4 is 11.3 Å². The quantitative estimate of drug-likeness (QED) is 0.821. The molecule has 1 saturated heterocycles. The highest BCUT2D eigenvalue weighted by molar-refractivity contribution is 7.11. The molecule has 0 saturated carbocycles. The lowest BCUT2D eigenvalue weighted by atomic mass is 10.00. The SMILES string of the molecule is CCc1ccc(CC(CCC2CCCCO2)NC)s1. The summed E-state index contributed by atoms with van der Waals surface area (Å²) in [6.07, 6.45) is 9.12. The summed E-state index contributed by atoms with van der Waals surface area (Å²) in [5, 5.41) is 3.47. The summed E-state index contributed by atoms with van der Waals surface area (Å²) in [7, 11) is 2.08. The summed E-state index contributed by atoms with van der Waals surface area (Å²) in [4.78, 5) is 3.02. The summed E-state index contributed by atoms with van der Waals surface area (Å²) < 4.78 is 5.82. The van der Waals surface area contributed by atoms with Crippen LogP contribution in [-0.2, 0) is 17.6 Å². The first-order valence-electron chi connectivity index (χ1n) is 7.68. The Bertz CT molecular complexity index is 357. The average Bonchev–Trinajstić information content (AvgIpc) is 2.92. The van der Waals surface area contributed by atoms with Crippen LogP contribution in [0.1, 0.15) is 48.8 Å². The van der Waals surface area contributed by atoms with Crippen molar-refractivity contribution in [1.82, 2.24) is 5.32 Å². The Morgan fingerprint density at radius 2 is 2.21 bits per heavy atom. The van der Waals surface area contributed by atoms with E-state index in [1.165, 1.54) is 41.9 Å². The largest absolute Gasteiger partial charge is 0.378 e. The van der Waals surface area contributed by atoms with Crippen molar-refractivity contribution in [2.24, 2.45) is 0 Å². The Labute approximate surface area is 121 Å². The molecule has 0 radical (unpaired) electrons. The molecule has 1 fully saturated rings. The molecule has 1 aromatic heterocycles. The summed E-state index contributed by atoms with van der Waals surface area (Å²) in [6, 6.07) is 5.16. The van der Waals surface area contributed by atoms with Gasteiger partial charge in [-0.15, -0.1) is 11.3 Å². The van der Waals surface area contributed by atoms with E-state index in [2.05, 4.69) is 31.4 Å². The third-order valence-corrected chi connectivity index (χ3v) is 5.28. The number of hydrogen-bond acceptors (Lipinski definition) is 3. The molecule has 0 aromatic carbocycles. The van der Waals surface area contributed by atoms with Gasteiger partial charge < -0.3 is 10.1 Å². The maximum Gasteiger partial charge on any atom is 0.0575 e. The van der Waals surface area contributed by atoms with E-state index in [0.717, 1.165) is 19.4 Å². The van der Waals surface area contributed by atoms with E-state index in [4.69, 9.17) is 4.74 Å². The van der Waals surface area contributed by atoms with Crippen molar-refractivity contribution in [2.45, 2.75) is 64.0 Å². The first kappa shape index (κ1) is 15.0. The molecule has 1 aliphatic rings. The molecule has 1 aromatic rings. The molecule has 1 N–H and O–H groups in total. The van der Waals surface area contributed by atoms with Crippen LogP contribution < -0.4 is 5.32 Å². The van der Waals surface area contributed by atoms with Crippen molar-refractivity contribution in [3.05, 3.63) is 21.9 Å². The molecule has 0 aliphatic carbocycles. The van der Waals surface area contributed by atoms with Crippen LogP contribution in [0.2, 0.25) is 0 Å². The van der Waals surface area contributed by atoms with Crippen molar-refractivity contribution in [1.29, 1.82) is 0 Å². The van der Waals surface area contributed by atoms with Gasteiger partial charge in [0.25, 0.3) is 0 Å². The molecular weight excluding hydrogens is 254 g/mol. The number of likely N-dealkylation sites (N-methyl/N-ethyl adjacent to an activating group) is 1. The zero-order valence-electron chi connectivity index (χ0n) is 12.3. The second kappa shape index (κ2) is 8.03. The van der Waals surface area contributed by atoms with E-state index in [-0.39, 0.29) is 0 Å². The van der Waals surface area contributed by atoms with E-state index >= 15 is 0 Å². The number of hydrogen-bond donors (Lipinski definition) is 1. The van der Waals surface area contributed by atoms with E-state index in [1.807, 2.05) is 11.3 Å². The summed E-state index contributed by atoms with van der Waals surface area (Å²) in [5.74, 6) is 0. The Morgan fingerprint density at radius 3 is 2.84 bits per heavy atom. The zero-order valence-corrected chi connectivity index (χ0v) is 13.1. The summed E-state index contributed by atoms with van der Waals surface area (Å²) >= 11 is 1.97. The molecule has 108 valence electrons. The third kappa shape index (κ3) is 4.90. The molecule has 2 nitrogen and oxygen atoms in total. The van der Waals surface area contributed by atoms with Gasteiger partial charge in [-0.05, 0) is 64.1 Å². The predicted octanol–water partition coefficient (Wildman–Crippen LogP) is 3.79. The average molecular weight is 281 g/mol. The topological polar surface area (TPSA) is 21.3 Å². The van der Waals surface area contributed by atoms with Gasteiger partial charge in [-0.2, -0.15) is 0 Å². The maximum absolute atomic E-state index is 5.82. The third-order valence-electron chi connectivity index (χ3n) is 4.03. The van der Waals surface area contributed by atoms with Gasteiger partial charge in [0.1, 0.15) is 0 Å². The Hall–Kier alpha value is -0.380. The molecule has 2 atom stereocenters. The second-order valence-corrected chi connectivity index (χ2v) is 6.73. The van der Waals surface area contributed by atoms with Gasteiger partial charge >= 0.3 is 0 Å². The van der Waals surface area contributed by atoms with E-state index in [1.54, 1.807) is 0 Å². The number of aryl methyl sites for hydroxylation is 1. The molecule has 1 aliphatic heterocycles. The Morgan fingerprint density at radius 1 is 1.37 bits per heavy atom. The minimum absolute atomic E-state index is 0.513.